The molecule has 0 saturated heterocycles. The molecule has 0 fully saturated rings. The topological polar surface area (TPSA) is 52.0 Å². The molecular weight excluding hydrogens is 324 g/mol. The minimum absolute atomic E-state index is 0.0922. The Morgan fingerprint density at radius 3 is 2.75 bits per heavy atom. The van der Waals surface area contributed by atoms with E-state index in [-0.39, 0.29) is 12.1 Å². The lowest BCUT2D eigenvalue weighted by molar-refractivity contribution is 0.413. The molecule has 0 radical (unpaired) electrons. The van der Waals surface area contributed by atoms with Gasteiger partial charge in [0.25, 0.3) is 0 Å². The van der Waals surface area contributed by atoms with Gasteiger partial charge in [-0.05, 0) is 41.8 Å². The van der Waals surface area contributed by atoms with E-state index in [1.165, 1.54) is 5.56 Å². The van der Waals surface area contributed by atoms with Gasteiger partial charge in [-0.25, -0.2) is 4.68 Å². The Morgan fingerprint density at radius 1 is 1.17 bits per heavy atom. The molecule has 2 aromatic carbocycles. The molecular formula is C18H17ClN4O. The SMILES string of the molecule is COc1ccc([C@@H]2C[C@H](c3cccc(Cl)c3)n3ncnc3N2)cc1. The molecule has 0 saturated carbocycles. The van der Waals surface area contributed by atoms with Gasteiger partial charge in [-0.15, -0.1) is 0 Å². The third kappa shape index (κ3) is 2.71. The van der Waals surface area contributed by atoms with Crippen molar-refractivity contribution < 1.29 is 4.74 Å². The van der Waals surface area contributed by atoms with Crippen LogP contribution in [0.15, 0.2) is 54.9 Å². The van der Waals surface area contributed by atoms with E-state index in [1.54, 1.807) is 13.4 Å². The van der Waals surface area contributed by atoms with Gasteiger partial charge < -0.3 is 10.1 Å². The second kappa shape index (κ2) is 6.17. The summed E-state index contributed by atoms with van der Waals surface area (Å²) in [5, 5.41) is 8.57. The monoisotopic (exact) mass is 340 g/mol. The predicted octanol–water partition coefficient (Wildman–Crippen LogP) is 4.09. The zero-order valence-corrected chi connectivity index (χ0v) is 13.9. The van der Waals surface area contributed by atoms with Crippen molar-refractivity contribution in [1.82, 2.24) is 14.8 Å². The molecule has 1 aliphatic heterocycles. The van der Waals surface area contributed by atoms with Gasteiger partial charge in [-0.2, -0.15) is 10.1 Å². The predicted molar refractivity (Wildman–Crippen MR) is 93.6 cm³/mol. The van der Waals surface area contributed by atoms with Gasteiger partial charge in [0.2, 0.25) is 5.95 Å². The number of hydrogen-bond acceptors (Lipinski definition) is 4. The lowest BCUT2D eigenvalue weighted by Gasteiger charge is -2.32. The number of anilines is 1. The molecule has 0 amide bonds. The summed E-state index contributed by atoms with van der Waals surface area (Å²) >= 11 is 6.18. The average Bonchev–Trinajstić information content (AvgIpc) is 3.09. The van der Waals surface area contributed by atoms with Crippen LogP contribution in [-0.4, -0.2) is 21.9 Å². The fraction of sp³-hybridized carbons (Fsp3) is 0.222. The van der Waals surface area contributed by atoms with Gasteiger partial charge >= 0.3 is 0 Å². The fourth-order valence-corrected chi connectivity index (χ4v) is 3.36. The number of halogens is 1. The zero-order chi connectivity index (χ0) is 16.5. The maximum Gasteiger partial charge on any atom is 0.222 e. The van der Waals surface area contributed by atoms with E-state index >= 15 is 0 Å². The van der Waals surface area contributed by atoms with Crippen molar-refractivity contribution in [3.8, 4) is 5.75 Å². The minimum atomic E-state index is 0.0922. The van der Waals surface area contributed by atoms with Crippen molar-refractivity contribution in [2.75, 3.05) is 12.4 Å². The molecule has 24 heavy (non-hydrogen) atoms. The molecule has 3 aromatic rings. The van der Waals surface area contributed by atoms with E-state index in [9.17, 15) is 0 Å². The van der Waals surface area contributed by atoms with Crippen LogP contribution >= 0.6 is 11.6 Å². The normalized spacial score (nSPS) is 19.4. The van der Waals surface area contributed by atoms with E-state index in [4.69, 9.17) is 16.3 Å². The molecule has 2 heterocycles. The number of rotatable bonds is 3. The molecule has 1 N–H and O–H groups in total. The van der Waals surface area contributed by atoms with E-state index < -0.39 is 0 Å². The van der Waals surface area contributed by atoms with E-state index in [0.29, 0.717) is 0 Å². The van der Waals surface area contributed by atoms with Gasteiger partial charge in [-0.3, -0.25) is 0 Å². The Kier molecular flexibility index (Phi) is 3.86. The molecule has 2 atom stereocenters. The van der Waals surface area contributed by atoms with Crippen molar-refractivity contribution in [2.24, 2.45) is 0 Å². The molecule has 1 aromatic heterocycles. The first kappa shape index (κ1) is 15.0. The highest BCUT2D eigenvalue weighted by Crippen LogP contribution is 2.38. The molecule has 4 rings (SSSR count). The molecule has 6 heteroatoms. The molecule has 0 spiro atoms. The Balaban J connectivity index is 1.70. The Bertz CT molecular complexity index is 846. The van der Waals surface area contributed by atoms with Gasteiger partial charge in [0, 0.05) is 5.02 Å². The molecule has 0 bridgehead atoms. The van der Waals surface area contributed by atoms with Crippen LogP contribution in [0.25, 0.3) is 0 Å². The maximum absolute atomic E-state index is 6.18. The van der Waals surface area contributed by atoms with E-state index in [1.807, 2.05) is 35.0 Å². The Labute approximate surface area is 145 Å². The second-order valence-electron chi connectivity index (χ2n) is 5.80. The number of benzene rings is 2. The molecule has 1 aliphatic rings. The van der Waals surface area contributed by atoms with Crippen molar-refractivity contribution in [2.45, 2.75) is 18.5 Å². The summed E-state index contributed by atoms with van der Waals surface area (Å²) < 4.78 is 7.16. The first-order valence-electron chi connectivity index (χ1n) is 7.80. The van der Waals surface area contributed by atoms with Crippen LogP contribution in [0, 0.1) is 0 Å². The van der Waals surface area contributed by atoms with Gasteiger partial charge in [0.15, 0.2) is 0 Å². The largest absolute Gasteiger partial charge is 0.497 e. The number of fused-ring (bicyclic) bond motifs is 1. The highest BCUT2D eigenvalue weighted by atomic mass is 35.5. The van der Waals surface area contributed by atoms with Gasteiger partial charge in [-0.1, -0.05) is 35.9 Å². The summed E-state index contributed by atoms with van der Waals surface area (Å²) in [4.78, 5) is 4.35. The molecule has 0 unspecified atom stereocenters. The minimum Gasteiger partial charge on any atom is -0.497 e. The number of hydrogen-bond donors (Lipinski definition) is 1. The van der Waals surface area contributed by atoms with Crippen LogP contribution in [-0.2, 0) is 0 Å². The lowest BCUT2D eigenvalue weighted by atomic mass is 9.93. The highest BCUT2D eigenvalue weighted by Gasteiger charge is 2.29. The summed E-state index contributed by atoms with van der Waals surface area (Å²) in [6.07, 6.45) is 2.44. The summed E-state index contributed by atoms with van der Waals surface area (Å²) in [7, 11) is 1.67. The fourth-order valence-electron chi connectivity index (χ4n) is 3.17. The second-order valence-corrected chi connectivity index (χ2v) is 6.24. The van der Waals surface area contributed by atoms with Crippen molar-refractivity contribution in [3.05, 3.63) is 71.0 Å². The summed E-state index contributed by atoms with van der Waals surface area (Å²) in [6.45, 7) is 0. The van der Waals surface area contributed by atoms with Crippen molar-refractivity contribution in [3.63, 3.8) is 0 Å². The highest BCUT2D eigenvalue weighted by molar-refractivity contribution is 6.30. The first-order chi connectivity index (χ1) is 11.7. The van der Waals surface area contributed by atoms with Crippen LogP contribution in [0.5, 0.6) is 5.75 Å². The molecule has 0 aliphatic carbocycles. The maximum atomic E-state index is 6.18. The van der Waals surface area contributed by atoms with E-state index in [0.717, 1.165) is 28.7 Å². The van der Waals surface area contributed by atoms with Gasteiger partial charge in [0.1, 0.15) is 12.1 Å². The third-order valence-corrected chi connectivity index (χ3v) is 4.62. The average molecular weight is 341 g/mol. The van der Waals surface area contributed by atoms with Crippen LogP contribution in [0.1, 0.15) is 29.6 Å². The number of nitrogens with zero attached hydrogens (tertiary/aromatic N) is 3. The summed E-state index contributed by atoms with van der Waals surface area (Å²) in [5.41, 5.74) is 2.33. The van der Waals surface area contributed by atoms with Crippen LogP contribution in [0.4, 0.5) is 5.95 Å². The van der Waals surface area contributed by atoms with Crippen LogP contribution < -0.4 is 10.1 Å². The standard InChI is InChI=1S/C18H17ClN4O/c1-24-15-7-5-12(6-8-15)16-10-17(13-3-2-4-14(19)9-13)23-18(22-16)20-11-21-23/h2-9,11,16-17H,10H2,1H3,(H,20,21,22)/t16-,17+/m0/s1. The number of nitrogens with one attached hydrogen (secondary N) is 1. The molecule has 5 nitrogen and oxygen atoms in total. The quantitative estimate of drug-likeness (QED) is 0.780. The summed E-state index contributed by atoms with van der Waals surface area (Å²) in [5.74, 6) is 1.62. The smallest absolute Gasteiger partial charge is 0.222 e. The number of methoxy groups -OCH3 is 1. The van der Waals surface area contributed by atoms with Crippen LogP contribution in [0.3, 0.4) is 0 Å². The third-order valence-electron chi connectivity index (χ3n) is 4.38. The van der Waals surface area contributed by atoms with Gasteiger partial charge in [0.05, 0.1) is 19.2 Å². The van der Waals surface area contributed by atoms with E-state index in [2.05, 4.69) is 33.6 Å². The zero-order valence-electron chi connectivity index (χ0n) is 13.2. The van der Waals surface area contributed by atoms with Crippen molar-refractivity contribution in [1.29, 1.82) is 0 Å². The van der Waals surface area contributed by atoms with Crippen LogP contribution in [0.2, 0.25) is 5.02 Å². The lowest BCUT2D eigenvalue weighted by Crippen LogP contribution is -2.28. The Hall–Kier alpha value is -2.53. The van der Waals surface area contributed by atoms with Crippen molar-refractivity contribution >= 4 is 17.5 Å². The number of aromatic nitrogens is 3. The number of ether oxygens (including phenoxy) is 1. The first-order valence-corrected chi connectivity index (χ1v) is 8.18. The Morgan fingerprint density at radius 2 is 2.00 bits per heavy atom. The summed E-state index contributed by atoms with van der Waals surface area (Å²) in [6, 6.07) is 16.3. The molecule has 122 valence electrons.